The van der Waals surface area contributed by atoms with Crippen molar-refractivity contribution in [3.05, 3.63) is 34.9 Å². The van der Waals surface area contributed by atoms with Crippen LogP contribution in [0.1, 0.15) is 48.4 Å². The van der Waals surface area contributed by atoms with Gasteiger partial charge in [-0.25, -0.2) is 9.59 Å². The number of rotatable bonds is 2. The first-order valence-electron chi connectivity index (χ1n) is 7.99. The molecule has 1 heterocycles. The molecule has 1 fully saturated rings. The summed E-state index contributed by atoms with van der Waals surface area (Å²) in [5.41, 5.74) is 1.81. The molecule has 0 N–H and O–H groups in total. The van der Waals surface area contributed by atoms with Crippen molar-refractivity contribution in [1.29, 1.82) is 0 Å². The topological polar surface area (TPSA) is 65.1 Å². The number of carbonyl (C=O) groups is 2. The largest absolute Gasteiger partial charge is 0.465 e. The maximum absolute atomic E-state index is 12.3. The molecule has 1 amide bonds. The molecule has 2 rings (SSSR count). The van der Waals surface area contributed by atoms with Gasteiger partial charge in [0.05, 0.1) is 25.8 Å². The Morgan fingerprint density at radius 2 is 2.00 bits per heavy atom. The molecule has 1 unspecified atom stereocenters. The van der Waals surface area contributed by atoms with E-state index in [0.717, 1.165) is 11.1 Å². The molecule has 6 nitrogen and oxygen atoms in total. The monoisotopic (exact) mass is 335 g/mol. The van der Waals surface area contributed by atoms with Gasteiger partial charge in [0, 0.05) is 6.54 Å². The predicted molar refractivity (Wildman–Crippen MR) is 89.0 cm³/mol. The molecule has 1 atom stereocenters. The van der Waals surface area contributed by atoms with Gasteiger partial charge in [-0.15, -0.1) is 0 Å². The summed E-state index contributed by atoms with van der Waals surface area (Å²) in [7, 11) is 1.35. The summed E-state index contributed by atoms with van der Waals surface area (Å²) in [6.45, 7) is 8.77. The second-order valence-corrected chi connectivity index (χ2v) is 6.85. The van der Waals surface area contributed by atoms with Crippen LogP contribution in [0.2, 0.25) is 0 Å². The van der Waals surface area contributed by atoms with Gasteiger partial charge in [-0.3, -0.25) is 0 Å². The van der Waals surface area contributed by atoms with E-state index in [1.165, 1.54) is 7.11 Å². The minimum Gasteiger partial charge on any atom is -0.465 e. The van der Waals surface area contributed by atoms with E-state index in [4.69, 9.17) is 14.2 Å². The molecular weight excluding hydrogens is 310 g/mol. The van der Waals surface area contributed by atoms with Crippen LogP contribution >= 0.6 is 0 Å². The Labute approximate surface area is 142 Å². The minimum atomic E-state index is -0.536. The summed E-state index contributed by atoms with van der Waals surface area (Å²) in [5.74, 6) is -0.393. The average molecular weight is 335 g/mol. The third kappa shape index (κ3) is 4.47. The molecule has 1 saturated heterocycles. The van der Waals surface area contributed by atoms with Crippen LogP contribution in [-0.2, 0) is 14.2 Å². The fourth-order valence-corrected chi connectivity index (χ4v) is 2.56. The number of aryl methyl sites for hydroxylation is 1. The number of esters is 1. The highest BCUT2D eigenvalue weighted by molar-refractivity contribution is 5.89. The minimum absolute atomic E-state index is 0.295. The third-order valence-corrected chi connectivity index (χ3v) is 3.77. The lowest BCUT2D eigenvalue weighted by molar-refractivity contribution is -0.0435. The van der Waals surface area contributed by atoms with Crippen LogP contribution in [0, 0.1) is 6.92 Å². The lowest BCUT2D eigenvalue weighted by atomic mass is 9.99. The second kappa shape index (κ2) is 7.21. The molecule has 1 aromatic rings. The van der Waals surface area contributed by atoms with E-state index in [9.17, 15) is 9.59 Å². The zero-order chi connectivity index (χ0) is 17.9. The molecule has 0 saturated carbocycles. The Balaban J connectivity index is 2.17. The van der Waals surface area contributed by atoms with E-state index in [-0.39, 0.29) is 12.2 Å². The molecule has 24 heavy (non-hydrogen) atoms. The van der Waals surface area contributed by atoms with E-state index in [2.05, 4.69) is 0 Å². The summed E-state index contributed by atoms with van der Waals surface area (Å²) in [6, 6.07) is 5.35. The Bertz CT molecular complexity index is 620. The van der Waals surface area contributed by atoms with Crippen molar-refractivity contribution < 1.29 is 23.8 Å². The fourth-order valence-electron chi connectivity index (χ4n) is 2.56. The van der Waals surface area contributed by atoms with Crippen LogP contribution in [0.5, 0.6) is 0 Å². The average Bonchev–Trinajstić information content (AvgIpc) is 2.53. The number of benzene rings is 1. The molecule has 0 spiro atoms. The first-order valence-corrected chi connectivity index (χ1v) is 7.99. The molecule has 1 aliphatic rings. The maximum Gasteiger partial charge on any atom is 0.410 e. The number of ether oxygens (including phenoxy) is 3. The highest BCUT2D eigenvalue weighted by Crippen LogP contribution is 2.27. The van der Waals surface area contributed by atoms with Crippen molar-refractivity contribution in [2.75, 3.05) is 26.8 Å². The number of morpholine rings is 1. The molecule has 6 heteroatoms. The van der Waals surface area contributed by atoms with E-state index in [1.54, 1.807) is 17.0 Å². The highest BCUT2D eigenvalue weighted by atomic mass is 16.6. The van der Waals surface area contributed by atoms with Crippen molar-refractivity contribution >= 4 is 12.1 Å². The van der Waals surface area contributed by atoms with Crippen LogP contribution in [0.4, 0.5) is 4.79 Å². The summed E-state index contributed by atoms with van der Waals surface area (Å²) >= 11 is 0. The van der Waals surface area contributed by atoms with Crippen LogP contribution in [0.3, 0.4) is 0 Å². The Morgan fingerprint density at radius 1 is 1.29 bits per heavy atom. The number of methoxy groups -OCH3 is 1. The SMILES string of the molecule is COC(=O)c1ccc(C)c(C2CN(C(=O)OC(C)(C)C)CCO2)c1. The molecule has 132 valence electrons. The fraction of sp³-hybridized carbons (Fsp3) is 0.556. The van der Waals surface area contributed by atoms with Crippen LogP contribution in [-0.4, -0.2) is 49.4 Å². The number of hydrogen-bond acceptors (Lipinski definition) is 5. The third-order valence-electron chi connectivity index (χ3n) is 3.77. The van der Waals surface area contributed by atoms with Crippen molar-refractivity contribution in [3.8, 4) is 0 Å². The van der Waals surface area contributed by atoms with E-state index in [0.29, 0.717) is 25.3 Å². The Kier molecular flexibility index (Phi) is 5.49. The van der Waals surface area contributed by atoms with Gasteiger partial charge in [0.1, 0.15) is 11.7 Å². The first-order chi connectivity index (χ1) is 11.2. The normalized spacial score (nSPS) is 18.2. The van der Waals surface area contributed by atoms with Crippen molar-refractivity contribution in [3.63, 3.8) is 0 Å². The lowest BCUT2D eigenvalue weighted by Crippen LogP contribution is -2.44. The van der Waals surface area contributed by atoms with Crippen LogP contribution in [0.25, 0.3) is 0 Å². The zero-order valence-corrected chi connectivity index (χ0v) is 14.9. The Hall–Kier alpha value is -2.08. The standard InChI is InChI=1S/C18H25NO5/c1-12-6-7-13(16(20)22-5)10-14(12)15-11-19(8-9-23-15)17(21)24-18(2,3)4/h6-7,10,15H,8-9,11H2,1-5H3. The quantitative estimate of drug-likeness (QED) is 0.777. The van der Waals surface area contributed by atoms with Crippen LogP contribution < -0.4 is 0 Å². The van der Waals surface area contributed by atoms with Gasteiger partial charge in [0.15, 0.2) is 0 Å². The van der Waals surface area contributed by atoms with Crippen molar-refractivity contribution in [2.24, 2.45) is 0 Å². The molecule has 1 aromatic carbocycles. The summed E-state index contributed by atoms with van der Waals surface area (Å²) < 4.78 is 16.0. The van der Waals surface area contributed by atoms with E-state index >= 15 is 0 Å². The molecule has 0 radical (unpaired) electrons. The number of nitrogens with zero attached hydrogens (tertiary/aromatic N) is 1. The first kappa shape index (κ1) is 18.3. The van der Waals surface area contributed by atoms with Gasteiger partial charge in [-0.1, -0.05) is 6.07 Å². The molecule has 0 aromatic heterocycles. The number of carbonyl (C=O) groups excluding carboxylic acids is 2. The molecule has 1 aliphatic heterocycles. The summed E-state index contributed by atoms with van der Waals surface area (Å²) in [4.78, 5) is 25.7. The second-order valence-electron chi connectivity index (χ2n) is 6.85. The number of amides is 1. The van der Waals surface area contributed by atoms with Crippen LogP contribution in [0.15, 0.2) is 18.2 Å². The molecular formula is C18H25NO5. The maximum atomic E-state index is 12.3. The van der Waals surface area contributed by atoms with Gasteiger partial charge in [-0.05, 0) is 51.0 Å². The van der Waals surface area contributed by atoms with Gasteiger partial charge in [0.25, 0.3) is 0 Å². The van der Waals surface area contributed by atoms with Crippen molar-refractivity contribution in [2.45, 2.75) is 39.4 Å². The summed E-state index contributed by atoms with van der Waals surface area (Å²) in [6.07, 6.45) is -0.645. The van der Waals surface area contributed by atoms with Crippen molar-refractivity contribution in [1.82, 2.24) is 4.90 Å². The number of hydrogen-bond donors (Lipinski definition) is 0. The molecule has 0 bridgehead atoms. The smallest absolute Gasteiger partial charge is 0.410 e. The predicted octanol–water partition coefficient (Wildman–Crippen LogP) is 3.09. The van der Waals surface area contributed by atoms with E-state index < -0.39 is 11.6 Å². The zero-order valence-electron chi connectivity index (χ0n) is 14.9. The van der Waals surface area contributed by atoms with E-state index in [1.807, 2.05) is 33.8 Å². The molecule has 0 aliphatic carbocycles. The van der Waals surface area contributed by atoms with Gasteiger partial charge < -0.3 is 19.1 Å². The Morgan fingerprint density at radius 3 is 2.62 bits per heavy atom. The van der Waals surface area contributed by atoms with Gasteiger partial charge in [0.2, 0.25) is 0 Å². The highest BCUT2D eigenvalue weighted by Gasteiger charge is 2.30. The summed E-state index contributed by atoms with van der Waals surface area (Å²) in [5, 5.41) is 0. The van der Waals surface area contributed by atoms with Gasteiger partial charge >= 0.3 is 12.1 Å². The van der Waals surface area contributed by atoms with Gasteiger partial charge in [-0.2, -0.15) is 0 Å². The lowest BCUT2D eigenvalue weighted by Gasteiger charge is -2.35.